The van der Waals surface area contributed by atoms with Crippen LogP contribution in [0.5, 0.6) is 0 Å². The number of aromatic nitrogens is 3. The van der Waals surface area contributed by atoms with Crippen LogP contribution in [0.15, 0.2) is 6.20 Å². The Morgan fingerprint density at radius 2 is 2.35 bits per heavy atom. The molecule has 1 aromatic heterocycles. The molecule has 0 amide bonds. The molecule has 6 heteroatoms. The number of carboxylic acid groups (broad SMARTS) is 1. The zero-order valence-corrected chi connectivity index (χ0v) is 10.3. The first-order chi connectivity index (χ1) is 8.02. The Hall–Kier alpha value is -1.43. The lowest BCUT2D eigenvalue weighted by molar-refractivity contribution is -0.153. The van der Waals surface area contributed by atoms with Gasteiger partial charge in [-0.15, -0.1) is 5.10 Å². The van der Waals surface area contributed by atoms with E-state index in [0.717, 1.165) is 25.1 Å². The van der Waals surface area contributed by atoms with Crippen LogP contribution in [0.25, 0.3) is 0 Å². The van der Waals surface area contributed by atoms with Crippen molar-refractivity contribution < 1.29 is 9.90 Å². The van der Waals surface area contributed by atoms with E-state index < -0.39 is 11.5 Å². The fourth-order valence-corrected chi connectivity index (χ4v) is 2.34. The summed E-state index contributed by atoms with van der Waals surface area (Å²) in [6.45, 7) is 3.15. The molecule has 0 spiro atoms. The third-order valence-corrected chi connectivity index (χ3v) is 3.50. The van der Waals surface area contributed by atoms with Gasteiger partial charge in [0.25, 0.3) is 0 Å². The molecule has 1 aliphatic heterocycles. The van der Waals surface area contributed by atoms with Gasteiger partial charge in [0.2, 0.25) is 0 Å². The molecule has 1 aliphatic rings. The van der Waals surface area contributed by atoms with Crippen LogP contribution in [0.3, 0.4) is 0 Å². The van der Waals surface area contributed by atoms with Crippen molar-refractivity contribution >= 4 is 5.97 Å². The van der Waals surface area contributed by atoms with Gasteiger partial charge in [-0.25, -0.2) is 0 Å². The quantitative estimate of drug-likeness (QED) is 0.837. The second-order valence-electron chi connectivity index (χ2n) is 4.84. The Bertz CT molecular complexity index is 417. The minimum absolute atomic E-state index is 0.552. The third-order valence-electron chi connectivity index (χ3n) is 3.50. The normalized spacial score (nSPS) is 26.0. The summed E-state index contributed by atoms with van der Waals surface area (Å²) in [6, 6.07) is 0. The number of nitrogens with zero attached hydrogens (tertiary/aromatic N) is 4. The lowest BCUT2D eigenvalue weighted by atomic mass is 9.88. The summed E-state index contributed by atoms with van der Waals surface area (Å²) < 4.78 is 1.64. The highest BCUT2D eigenvalue weighted by atomic mass is 16.4. The van der Waals surface area contributed by atoms with Crippen molar-refractivity contribution in [2.24, 2.45) is 7.05 Å². The third kappa shape index (κ3) is 2.31. The number of hydrogen-bond acceptors (Lipinski definition) is 4. The van der Waals surface area contributed by atoms with Crippen LogP contribution in [0.2, 0.25) is 0 Å². The molecule has 0 radical (unpaired) electrons. The maximum Gasteiger partial charge on any atom is 0.323 e. The van der Waals surface area contributed by atoms with E-state index in [9.17, 15) is 9.90 Å². The smallest absolute Gasteiger partial charge is 0.323 e. The monoisotopic (exact) mass is 238 g/mol. The highest BCUT2D eigenvalue weighted by Crippen LogP contribution is 2.29. The predicted octanol–water partition coefficient (Wildman–Crippen LogP) is 0.644. The maximum absolute atomic E-state index is 11.4. The molecule has 0 bridgehead atoms. The Morgan fingerprint density at radius 3 is 2.94 bits per heavy atom. The molecule has 0 aromatic carbocycles. The van der Waals surface area contributed by atoms with Crippen LogP contribution < -0.4 is 0 Å². The Balaban J connectivity index is 2.14. The van der Waals surface area contributed by atoms with Crippen LogP contribution in [-0.2, 0) is 18.4 Å². The predicted molar refractivity (Wildman–Crippen MR) is 61.3 cm³/mol. The molecule has 1 fully saturated rings. The van der Waals surface area contributed by atoms with E-state index in [1.54, 1.807) is 11.6 Å². The molecule has 2 heterocycles. The van der Waals surface area contributed by atoms with Crippen LogP contribution >= 0.6 is 0 Å². The standard InChI is InChI=1S/C11H18N4O2/c1-11(10(16)17)5-3-4-6-15(11)8-9-7-14(2)13-12-9/h7H,3-6,8H2,1-2H3,(H,16,17). The van der Waals surface area contributed by atoms with Gasteiger partial charge in [-0.1, -0.05) is 5.21 Å². The summed E-state index contributed by atoms with van der Waals surface area (Å²) in [7, 11) is 1.81. The molecule has 1 saturated heterocycles. The molecule has 1 atom stereocenters. The second-order valence-corrected chi connectivity index (χ2v) is 4.84. The van der Waals surface area contributed by atoms with Crippen LogP contribution in [0, 0.1) is 0 Å². The summed E-state index contributed by atoms with van der Waals surface area (Å²) in [5, 5.41) is 17.2. The Morgan fingerprint density at radius 1 is 1.59 bits per heavy atom. The molecule has 17 heavy (non-hydrogen) atoms. The number of hydrogen-bond donors (Lipinski definition) is 1. The molecule has 0 aliphatic carbocycles. The Labute approximate surface area is 100 Å². The van der Waals surface area contributed by atoms with Crippen molar-refractivity contribution in [3.8, 4) is 0 Å². The fraction of sp³-hybridized carbons (Fsp3) is 0.727. The number of carbonyl (C=O) groups is 1. The van der Waals surface area contributed by atoms with E-state index in [2.05, 4.69) is 10.3 Å². The van der Waals surface area contributed by atoms with Crippen molar-refractivity contribution in [2.75, 3.05) is 6.54 Å². The van der Waals surface area contributed by atoms with Gasteiger partial charge in [-0.05, 0) is 32.7 Å². The van der Waals surface area contributed by atoms with E-state index in [-0.39, 0.29) is 0 Å². The highest BCUT2D eigenvalue weighted by molar-refractivity contribution is 5.78. The van der Waals surface area contributed by atoms with E-state index >= 15 is 0 Å². The first kappa shape index (κ1) is 12.0. The van der Waals surface area contributed by atoms with Gasteiger partial charge in [0, 0.05) is 19.8 Å². The molecule has 1 N–H and O–H groups in total. The average Bonchev–Trinajstić information content (AvgIpc) is 2.67. The number of likely N-dealkylation sites (tertiary alicyclic amines) is 1. The molecule has 6 nitrogen and oxygen atoms in total. The average molecular weight is 238 g/mol. The number of rotatable bonds is 3. The van der Waals surface area contributed by atoms with Gasteiger partial charge in [0.05, 0.1) is 5.69 Å². The number of carboxylic acids is 1. The van der Waals surface area contributed by atoms with Gasteiger partial charge in [0.1, 0.15) is 5.54 Å². The minimum atomic E-state index is -0.768. The number of piperidine rings is 1. The molecular weight excluding hydrogens is 220 g/mol. The van der Waals surface area contributed by atoms with Crippen molar-refractivity contribution in [1.82, 2.24) is 19.9 Å². The largest absolute Gasteiger partial charge is 0.480 e. The minimum Gasteiger partial charge on any atom is -0.480 e. The van der Waals surface area contributed by atoms with E-state index in [1.165, 1.54) is 0 Å². The molecule has 1 unspecified atom stereocenters. The van der Waals surface area contributed by atoms with E-state index in [4.69, 9.17) is 0 Å². The van der Waals surface area contributed by atoms with Crippen LogP contribution in [-0.4, -0.2) is 43.1 Å². The van der Waals surface area contributed by atoms with Crippen molar-refractivity contribution in [3.05, 3.63) is 11.9 Å². The summed E-state index contributed by atoms with van der Waals surface area (Å²) in [4.78, 5) is 13.4. The van der Waals surface area contributed by atoms with Gasteiger partial charge in [-0.2, -0.15) is 0 Å². The van der Waals surface area contributed by atoms with Crippen LogP contribution in [0.1, 0.15) is 31.9 Å². The van der Waals surface area contributed by atoms with Crippen molar-refractivity contribution in [2.45, 2.75) is 38.3 Å². The molecule has 0 saturated carbocycles. The fourth-order valence-electron chi connectivity index (χ4n) is 2.34. The van der Waals surface area contributed by atoms with Gasteiger partial charge in [0.15, 0.2) is 0 Å². The van der Waals surface area contributed by atoms with Gasteiger partial charge in [-0.3, -0.25) is 14.4 Å². The molecule has 2 rings (SSSR count). The summed E-state index contributed by atoms with van der Waals surface area (Å²) in [6.07, 6.45) is 4.54. The Kier molecular flexibility index (Phi) is 3.15. The molecular formula is C11H18N4O2. The number of aliphatic carboxylic acids is 1. The van der Waals surface area contributed by atoms with E-state index in [1.807, 2.05) is 18.1 Å². The summed E-state index contributed by atoms with van der Waals surface area (Å²) in [5.41, 5.74) is 0.0531. The van der Waals surface area contributed by atoms with Gasteiger partial charge < -0.3 is 5.11 Å². The number of aryl methyl sites for hydroxylation is 1. The summed E-state index contributed by atoms with van der Waals surface area (Å²) in [5.74, 6) is -0.749. The van der Waals surface area contributed by atoms with Crippen molar-refractivity contribution in [1.29, 1.82) is 0 Å². The maximum atomic E-state index is 11.4. The first-order valence-electron chi connectivity index (χ1n) is 5.86. The molecule has 1 aromatic rings. The van der Waals surface area contributed by atoms with Crippen molar-refractivity contribution in [3.63, 3.8) is 0 Å². The highest BCUT2D eigenvalue weighted by Gasteiger charge is 2.41. The first-order valence-corrected chi connectivity index (χ1v) is 5.86. The van der Waals surface area contributed by atoms with Crippen LogP contribution in [0.4, 0.5) is 0 Å². The lowest BCUT2D eigenvalue weighted by Crippen LogP contribution is -2.54. The lowest BCUT2D eigenvalue weighted by Gasteiger charge is -2.41. The SMILES string of the molecule is Cn1cc(CN2CCCCC2(C)C(=O)O)nn1. The zero-order valence-electron chi connectivity index (χ0n) is 10.3. The van der Waals surface area contributed by atoms with Gasteiger partial charge >= 0.3 is 5.97 Å². The second kappa shape index (κ2) is 4.44. The van der Waals surface area contributed by atoms with E-state index in [0.29, 0.717) is 13.0 Å². The topological polar surface area (TPSA) is 71.2 Å². The zero-order chi connectivity index (χ0) is 12.5. The summed E-state index contributed by atoms with van der Waals surface area (Å²) >= 11 is 0. The molecule has 94 valence electrons.